The Bertz CT molecular complexity index is 396. The van der Waals surface area contributed by atoms with Crippen LogP contribution in [-0.2, 0) is 4.46 Å². The van der Waals surface area contributed by atoms with E-state index < -0.39 is 8.68 Å². The number of Topliss-reactive ketones (excluding diaryl/α,β-unsaturated/α-hetero) is 1. The first-order chi connectivity index (χ1) is 8.94. The van der Waals surface area contributed by atoms with Crippen molar-refractivity contribution in [3.63, 3.8) is 0 Å². The van der Waals surface area contributed by atoms with Crippen LogP contribution in [0.1, 0.15) is 51.4 Å². The summed E-state index contributed by atoms with van der Waals surface area (Å²) in [6, 6.07) is 10.7. The van der Waals surface area contributed by atoms with Crippen LogP contribution in [0.2, 0.25) is 12.1 Å². The molecule has 1 aromatic rings. The minimum atomic E-state index is -1.51. The fraction of sp³-hybridized carbons (Fsp3) is 0.562. The molecule has 0 spiro atoms. The maximum Gasteiger partial charge on any atom is 0.276 e. The van der Waals surface area contributed by atoms with Gasteiger partial charge in [-0.3, -0.25) is 4.79 Å². The lowest BCUT2D eigenvalue weighted by Crippen LogP contribution is -2.20. The number of carbonyl (C=O) groups is 1. The van der Waals surface area contributed by atoms with Gasteiger partial charge in [-0.1, -0.05) is 65.0 Å². The Kier molecular flexibility index (Phi) is 8.40. The summed E-state index contributed by atoms with van der Waals surface area (Å²) in [5.41, 5.74) is 0.579. The predicted octanol–water partition coefficient (Wildman–Crippen LogP) is 4.75. The zero-order valence-corrected chi connectivity index (χ0v) is 13.8. The molecule has 19 heavy (non-hydrogen) atoms. The van der Waals surface area contributed by atoms with Crippen molar-refractivity contribution in [2.24, 2.45) is 5.41 Å². The Morgan fingerprint density at radius 3 is 2.16 bits per heavy atom. The SMILES string of the molecule is CC.CC[Si](=O)CC(C)(C)CC(=O)c1ccccc1. The molecule has 106 valence electrons. The number of hydrogen-bond acceptors (Lipinski definition) is 2. The van der Waals surface area contributed by atoms with Crippen molar-refractivity contribution in [2.75, 3.05) is 0 Å². The maximum absolute atomic E-state index is 12.0. The maximum atomic E-state index is 12.0. The van der Waals surface area contributed by atoms with Crippen molar-refractivity contribution in [2.45, 2.75) is 53.1 Å². The van der Waals surface area contributed by atoms with Crippen LogP contribution in [0.25, 0.3) is 0 Å². The minimum absolute atomic E-state index is 0.140. The number of ketones is 1. The van der Waals surface area contributed by atoms with Gasteiger partial charge in [0.2, 0.25) is 0 Å². The van der Waals surface area contributed by atoms with E-state index in [0.717, 1.165) is 11.6 Å². The molecule has 0 bridgehead atoms. The van der Waals surface area contributed by atoms with Crippen LogP contribution in [0.4, 0.5) is 0 Å². The molecule has 1 rings (SSSR count). The molecule has 0 N–H and O–H groups in total. The summed E-state index contributed by atoms with van der Waals surface area (Å²) in [6.45, 7) is 9.98. The predicted molar refractivity (Wildman–Crippen MR) is 82.2 cm³/mol. The van der Waals surface area contributed by atoms with Gasteiger partial charge in [0.25, 0.3) is 8.68 Å². The van der Waals surface area contributed by atoms with E-state index in [2.05, 4.69) is 0 Å². The third-order valence-corrected chi connectivity index (χ3v) is 4.95. The Balaban J connectivity index is 0.00000154. The molecule has 0 fully saturated rings. The van der Waals surface area contributed by atoms with E-state index in [0.29, 0.717) is 12.5 Å². The normalized spacial score (nSPS) is 10.4. The average molecular weight is 278 g/mol. The molecular formula is C16H26O2Si. The second kappa shape index (κ2) is 8.91. The van der Waals surface area contributed by atoms with Crippen molar-refractivity contribution >= 4 is 14.5 Å². The molecule has 0 saturated heterocycles. The molecule has 0 amide bonds. The van der Waals surface area contributed by atoms with Gasteiger partial charge in [-0.25, -0.2) is 0 Å². The molecule has 0 aliphatic carbocycles. The summed E-state index contributed by atoms with van der Waals surface area (Å²) in [5.74, 6) is 0.140. The van der Waals surface area contributed by atoms with Gasteiger partial charge in [0, 0.05) is 12.0 Å². The number of benzene rings is 1. The Morgan fingerprint density at radius 2 is 1.68 bits per heavy atom. The van der Waals surface area contributed by atoms with E-state index >= 15 is 0 Å². The van der Waals surface area contributed by atoms with Crippen molar-refractivity contribution in [1.82, 2.24) is 0 Å². The smallest absolute Gasteiger partial charge is 0.276 e. The van der Waals surface area contributed by atoms with Crippen LogP contribution in [0, 0.1) is 5.41 Å². The van der Waals surface area contributed by atoms with Crippen LogP contribution in [0.5, 0.6) is 0 Å². The molecule has 0 atom stereocenters. The fourth-order valence-electron chi connectivity index (χ4n) is 1.88. The van der Waals surface area contributed by atoms with Gasteiger partial charge in [-0.05, 0) is 17.5 Å². The van der Waals surface area contributed by atoms with Crippen LogP contribution < -0.4 is 0 Å². The molecule has 0 aliphatic heterocycles. The van der Waals surface area contributed by atoms with Crippen LogP contribution >= 0.6 is 0 Å². The summed E-state index contributed by atoms with van der Waals surface area (Å²) in [7, 11) is -1.51. The van der Waals surface area contributed by atoms with Crippen molar-refractivity contribution in [3.8, 4) is 0 Å². The van der Waals surface area contributed by atoms with E-state index in [1.165, 1.54) is 0 Å². The minimum Gasteiger partial charge on any atom is -0.388 e. The number of rotatable bonds is 6. The molecule has 0 heterocycles. The fourth-order valence-corrected chi connectivity index (χ4v) is 3.32. The Labute approximate surface area is 118 Å². The van der Waals surface area contributed by atoms with Gasteiger partial charge < -0.3 is 4.46 Å². The van der Waals surface area contributed by atoms with Crippen LogP contribution in [-0.4, -0.2) is 14.5 Å². The van der Waals surface area contributed by atoms with Gasteiger partial charge >= 0.3 is 0 Å². The quantitative estimate of drug-likeness (QED) is 0.555. The van der Waals surface area contributed by atoms with E-state index in [-0.39, 0.29) is 11.2 Å². The lowest BCUT2D eigenvalue weighted by molar-refractivity contribution is 0.0939. The van der Waals surface area contributed by atoms with Crippen LogP contribution in [0.15, 0.2) is 30.3 Å². The van der Waals surface area contributed by atoms with Gasteiger partial charge in [-0.2, -0.15) is 0 Å². The van der Waals surface area contributed by atoms with Crippen molar-refractivity contribution < 1.29 is 9.26 Å². The molecule has 1 aromatic carbocycles. The lowest BCUT2D eigenvalue weighted by Gasteiger charge is -2.22. The molecule has 0 aliphatic rings. The zero-order chi connectivity index (χ0) is 14.9. The largest absolute Gasteiger partial charge is 0.388 e. The number of carbonyl (C=O) groups excluding carboxylic acids is 1. The lowest BCUT2D eigenvalue weighted by atomic mass is 9.87. The van der Waals surface area contributed by atoms with E-state index in [1.54, 1.807) is 0 Å². The topological polar surface area (TPSA) is 34.1 Å². The molecule has 0 radical (unpaired) electrons. The third kappa shape index (κ3) is 7.16. The molecular weight excluding hydrogens is 252 g/mol. The van der Waals surface area contributed by atoms with Gasteiger partial charge in [0.15, 0.2) is 5.78 Å². The highest BCUT2D eigenvalue weighted by Crippen LogP contribution is 2.28. The summed E-state index contributed by atoms with van der Waals surface area (Å²) in [5, 5.41) is 0. The zero-order valence-electron chi connectivity index (χ0n) is 12.8. The molecule has 0 saturated carbocycles. The van der Waals surface area contributed by atoms with Gasteiger partial charge in [0.05, 0.1) is 0 Å². The average Bonchev–Trinajstić information content (AvgIpc) is 2.40. The van der Waals surface area contributed by atoms with E-state index in [1.807, 2.05) is 65.0 Å². The first-order valence-corrected chi connectivity index (χ1v) is 8.87. The standard InChI is InChI=1S/C14H20O2Si.C2H6/c1-4-17(16)11-14(2,3)10-13(15)12-8-6-5-7-9-12;1-2/h5-9H,4,10-11H2,1-3H3;1-2H3. The first-order valence-electron chi connectivity index (χ1n) is 7.04. The number of hydrogen-bond donors (Lipinski definition) is 0. The molecule has 2 nitrogen and oxygen atoms in total. The second-order valence-electron chi connectivity index (χ2n) is 5.20. The Hall–Kier alpha value is -1.09. The molecule has 3 heteroatoms. The summed E-state index contributed by atoms with van der Waals surface area (Å²) in [4.78, 5) is 12.0. The third-order valence-electron chi connectivity index (χ3n) is 2.80. The summed E-state index contributed by atoms with van der Waals surface area (Å²) < 4.78 is 11.6. The summed E-state index contributed by atoms with van der Waals surface area (Å²) >= 11 is 0. The van der Waals surface area contributed by atoms with E-state index in [9.17, 15) is 9.26 Å². The van der Waals surface area contributed by atoms with Gasteiger partial charge in [-0.15, -0.1) is 0 Å². The summed E-state index contributed by atoms with van der Waals surface area (Å²) in [6.07, 6.45) is 0.466. The highest BCUT2D eigenvalue weighted by atomic mass is 28.3. The highest BCUT2D eigenvalue weighted by Gasteiger charge is 2.25. The van der Waals surface area contributed by atoms with E-state index in [4.69, 9.17) is 0 Å². The molecule has 0 unspecified atom stereocenters. The first kappa shape index (κ1) is 17.9. The van der Waals surface area contributed by atoms with Crippen LogP contribution in [0.3, 0.4) is 0 Å². The molecule has 0 aromatic heterocycles. The van der Waals surface area contributed by atoms with Gasteiger partial charge in [0.1, 0.15) is 0 Å². The van der Waals surface area contributed by atoms with Crippen molar-refractivity contribution in [3.05, 3.63) is 35.9 Å². The Morgan fingerprint density at radius 1 is 1.16 bits per heavy atom. The highest BCUT2D eigenvalue weighted by molar-refractivity contribution is 6.42. The van der Waals surface area contributed by atoms with Crippen molar-refractivity contribution in [1.29, 1.82) is 0 Å². The monoisotopic (exact) mass is 278 g/mol. The second-order valence-corrected chi connectivity index (χ2v) is 7.34.